The molecule has 0 aliphatic heterocycles. The van der Waals surface area contributed by atoms with Gasteiger partial charge in [-0.3, -0.25) is 4.90 Å². The van der Waals surface area contributed by atoms with Crippen molar-refractivity contribution in [2.24, 2.45) is 5.92 Å². The van der Waals surface area contributed by atoms with Crippen molar-refractivity contribution in [3.8, 4) is 11.1 Å². The number of hydrogen-bond donors (Lipinski definition) is 0. The van der Waals surface area contributed by atoms with Crippen molar-refractivity contribution in [2.75, 3.05) is 19.0 Å². The SMILES string of the molecule is C=C(C)CCCc1ccc(-c2ccc(C(=C)c3c(N(C(=C)C)C(C(C)CC(=C)C)N(C)C)sc(C)c3C)cc2)cc1. The molecule has 218 valence electrons. The standard InChI is InChI=1S/C38H50N2S/c1-25(2)14-13-15-32-16-18-34(19-17-32)35-22-20-33(21-23-35)30(9)36-29(8)31(10)41-38(36)40(27(5)6)37(39(11)12)28(7)24-26(3)4/h16-23,28,37H,1,3,5,9,13-15,24H2,2,4,6-8,10-12H3. The zero-order valence-electron chi connectivity index (χ0n) is 26.7. The third-order valence-electron chi connectivity index (χ3n) is 7.86. The van der Waals surface area contributed by atoms with Crippen LogP contribution in [0.4, 0.5) is 5.00 Å². The molecule has 2 unspecified atom stereocenters. The van der Waals surface area contributed by atoms with Crippen LogP contribution in [0, 0.1) is 19.8 Å². The van der Waals surface area contributed by atoms with Gasteiger partial charge in [-0.15, -0.1) is 24.5 Å². The van der Waals surface area contributed by atoms with Crippen molar-refractivity contribution >= 4 is 21.9 Å². The average molecular weight is 567 g/mol. The van der Waals surface area contributed by atoms with Crippen LogP contribution >= 0.6 is 11.3 Å². The largest absolute Gasteiger partial charge is 0.321 e. The summed E-state index contributed by atoms with van der Waals surface area (Å²) in [6.07, 6.45) is 4.45. The van der Waals surface area contributed by atoms with Crippen molar-refractivity contribution in [1.29, 1.82) is 0 Å². The third kappa shape index (κ3) is 7.99. The Morgan fingerprint density at radius 1 is 0.829 bits per heavy atom. The predicted octanol–water partition coefficient (Wildman–Crippen LogP) is 10.8. The number of benzene rings is 2. The summed E-state index contributed by atoms with van der Waals surface area (Å²) in [5.74, 6) is 0.375. The van der Waals surface area contributed by atoms with E-state index >= 15 is 0 Å². The van der Waals surface area contributed by atoms with Crippen LogP contribution in [0.5, 0.6) is 0 Å². The normalized spacial score (nSPS) is 12.7. The van der Waals surface area contributed by atoms with Gasteiger partial charge in [0.2, 0.25) is 0 Å². The fourth-order valence-corrected chi connectivity index (χ4v) is 7.05. The molecule has 3 heteroatoms. The first kappa shape index (κ1) is 32.4. The maximum absolute atomic E-state index is 4.64. The summed E-state index contributed by atoms with van der Waals surface area (Å²) < 4.78 is 0. The number of anilines is 1. The zero-order chi connectivity index (χ0) is 30.4. The summed E-state index contributed by atoms with van der Waals surface area (Å²) in [7, 11) is 4.32. The lowest BCUT2D eigenvalue weighted by molar-refractivity contribution is 0.219. The molecule has 1 heterocycles. The highest BCUT2D eigenvalue weighted by atomic mass is 32.1. The minimum Gasteiger partial charge on any atom is -0.321 e. The van der Waals surface area contributed by atoms with E-state index in [-0.39, 0.29) is 6.17 Å². The van der Waals surface area contributed by atoms with Gasteiger partial charge in [-0.25, -0.2) is 0 Å². The van der Waals surface area contributed by atoms with E-state index in [4.69, 9.17) is 0 Å². The van der Waals surface area contributed by atoms with Gasteiger partial charge in [0.05, 0.1) is 6.17 Å². The van der Waals surface area contributed by atoms with Crippen LogP contribution in [-0.2, 0) is 6.42 Å². The molecule has 2 atom stereocenters. The summed E-state index contributed by atoms with van der Waals surface area (Å²) in [5, 5.41) is 1.22. The molecule has 3 rings (SSSR count). The van der Waals surface area contributed by atoms with E-state index < -0.39 is 0 Å². The number of nitrogens with zero attached hydrogens (tertiary/aromatic N) is 2. The Morgan fingerprint density at radius 3 is 1.88 bits per heavy atom. The number of thiophene rings is 1. The van der Waals surface area contributed by atoms with Crippen LogP contribution in [0.25, 0.3) is 16.7 Å². The Hall–Kier alpha value is -3.14. The molecule has 1 aromatic heterocycles. The number of allylic oxidation sites excluding steroid dienone is 3. The molecule has 0 spiro atoms. The molecule has 2 nitrogen and oxygen atoms in total. The molecule has 0 amide bonds. The second-order valence-electron chi connectivity index (χ2n) is 12.1. The van der Waals surface area contributed by atoms with Crippen molar-refractivity contribution in [1.82, 2.24) is 4.90 Å². The maximum atomic E-state index is 4.64. The number of hydrogen-bond acceptors (Lipinski definition) is 3. The van der Waals surface area contributed by atoms with Crippen LogP contribution in [-0.4, -0.2) is 25.2 Å². The van der Waals surface area contributed by atoms with Crippen LogP contribution in [0.15, 0.2) is 91.7 Å². The highest BCUT2D eigenvalue weighted by molar-refractivity contribution is 7.16. The fourth-order valence-electron chi connectivity index (χ4n) is 5.77. The summed E-state index contributed by atoms with van der Waals surface area (Å²) in [6.45, 7) is 30.4. The van der Waals surface area contributed by atoms with Crippen molar-refractivity contribution < 1.29 is 0 Å². The van der Waals surface area contributed by atoms with E-state index in [0.717, 1.165) is 42.5 Å². The quantitative estimate of drug-likeness (QED) is 0.141. The average Bonchev–Trinajstić information content (AvgIpc) is 3.19. The fraction of sp³-hybridized carbons (Fsp3) is 0.368. The monoisotopic (exact) mass is 566 g/mol. The Bertz CT molecular complexity index is 1390. The van der Waals surface area contributed by atoms with Gasteiger partial charge in [-0.05, 0) is 114 Å². The molecular formula is C38H50N2S. The smallest absolute Gasteiger partial charge is 0.105 e. The van der Waals surface area contributed by atoms with Gasteiger partial charge in [-0.1, -0.05) is 79.8 Å². The van der Waals surface area contributed by atoms with Gasteiger partial charge in [0.15, 0.2) is 0 Å². The van der Waals surface area contributed by atoms with Crippen LogP contribution in [0.1, 0.15) is 74.1 Å². The van der Waals surface area contributed by atoms with Crippen LogP contribution in [0.2, 0.25) is 0 Å². The molecule has 0 radical (unpaired) electrons. The first-order chi connectivity index (χ1) is 19.3. The maximum Gasteiger partial charge on any atom is 0.105 e. The highest BCUT2D eigenvalue weighted by Gasteiger charge is 2.32. The van der Waals surface area contributed by atoms with Crippen molar-refractivity contribution in [2.45, 2.75) is 73.4 Å². The van der Waals surface area contributed by atoms with Crippen LogP contribution < -0.4 is 4.90 Å². The van der Waals surface area contributed by atoms with Gasteiger partial charge in [-0.2, -0.15) is 0 Å². The van der Waals surface area contributed by atoms with Crippen molar-refractivity contribution in [3.63, 3.8) is 0 Å². The topological polar surface area (TPSA) is 6.48 Å². The van der Waals surface area contributed by atoms with Gasteiger partial charge in [0.25, 0.3) is 0 Å². The van der Waals surface area contributed by atoms with E-state index in [1.165, 1.54) is 48.8 Å². The summed E-state index contributed by atoms with van der Waals surface area (Å²) in [4.78, 5) is 6.04. The van der Waals surface area contributed by atoms with E-state index in [1.54, 1.807) is 0 Å². The molecular weight excluding hydrogens is 516 g/mol. The van der Waals surface area contributed by atoms with Gasteiger partial charge >= 0.3 is 0 Å². The third-order valence-corrected chi connectivity index (χ3v) is 9.07. The van der Waals surface area contributed by atoms with Crippen LogP contribution in [0.3, 0.4) is 0 Å². The minimum atomic E-state index is 0.152. The molecule has 0 N–H and O–H groups in total. The Morgan fingerprint density at radius 2 is 1.39 bits per heavy atom. The second-order valence-corrected chi connectivity index (χ2v) is 13.4. The molecule has 0 aliphatic rings. The summed E-state index contributed by atoms with van der Waals surface area (Å²) in [5.41, 5.74) is 12.0. The molecule has 0 aliphatic carbocycles. The minimum absolute atomic E-state index is 0.152. The van der Waals surface area contributed by atoms with E-state index in [2.05, 4.69) is 140 Å². The Balaban J connectivity index is 1.93. The molecule has 0 saturated carbocycles. The van der Waals surface area contributed by atoms with Gasteiger partial charge < -0.3 is 4.90 Å². The Labute approximate surface area is 254 Å². The molecule has 3 aromatic rings. The lowest BCUT2D eigenvalue weighted by atomic mass is 9.93. The lowest BCUT2D eigenvalue weighted by Gasteiger charge is -2.41. The molecule has 2 aromatic carbocycles. The predicted molar refractivity (Wildman–Crippen MR) is 185 cm³/mol. The lowest BCUT2D eigenvalue weighted by Crippen LogP contribution is -2.48. The zero-order valence-corrected chi connectivity index (χ0v) is 27.5. The Kier molecular flexibility index (Phi) is 11.2. The van der Waals surface area contributed by atoms with Crippen molar-refractivity contribution in [3.05, 3.63) is 119 Å². The highest BCUT2D eigenvalue weighted by Crippen LogP contribution is 2.44. The molecule has 41 heavy (non-hydrogen) atoms. The molecule has 0 saturated heterocycles. The second kappa shape index (κ2) is 14.2. The summed E-state index contributed by atoms with van der Waals surface area (Å²) in [6, 6.07) is 17.9. The first-order valence-corrected chi connectivity index (χ1v) is 15.5. The molecule has 0 fully saturated rings. The van der Waals surface area contributed by atoms with E-state index in [0.29, 0.717) is 5.92 Å². The first-order valence-electron chi connectivity index (χ1n) is 14.7. The molecule has 0 bridgehead atoms. The van der Waals surface area contributed by atoms with E-state index in [1.807, 2.05) is 11.3 Å². The van der Waals surface area contributed by atoms with Gasteiger partial charge in [0, 0.05) is 16.1 Å². The van der Waals surface area contributed by atoms with E-state index in [9.17, 15) is 0 Å². The number of rotatable bonds is 14. The number of aryl methyl sites for hydroxylation is 2. The summed E-state index contributed by atoms with van der Waals surface area (Å²) >= 11 is 1.84. The van der Waals surface area contributed by atoms with Gasteiger partial charge in [0.1, 0.15) is 5.00 Å².